The largest absolute Gasteiger partial charge is 0.351 e. The Kier molecular flexibility index (Phi) is 4.96. The molecule has 5 rings (SSSR count). The van der Waals surface area contributed by atoms with E-state index >= 15 is 0 Å². The van der Waals surface area contributed by atoms with E-state index in [1.807, 2.05) is 17.9 Å². The van der Waals surface area contributed by atoms with E-state index in [0.29, 0.717) is 18.4 Å². The molecule has 4 unspecified atom stereocenters. The van der Waals surface area contributed by atoms with Crippen molar-refractivity contribution in [3.63, 3.8) is 0 Å². The lowest BCUT2D eigenvalue weighted by Gasteiger charge is -2.48. The molecule has 2 saturated carbocycles. The van der Waals surface area contributed by atoms with Crippen LogP contribution in [0.4, 0.5) is 0 Å². The standard InChI is InChI=1S/C24H33N3O2S/c1-15-7-6-10-18(16(15)2)25-23(29)24(3)14-26-19-11-12-30-21(19)13-20(26)22(28)27(24)17-8-4-5-9-17/h11-13,15-18H,4-10,14H2,1-3H3,(H,25,29). The Balaban J connectivity index is 1.52. The van der Waals surface area contributed by atoms with Gasteiger partial charge in [-0.05, 0) is 55.5 Å². The second-order valence-corrected chi connectivity index (χ2v) is 11.0. The van der Waals surface area contributed by atoms with Crippen molar-refractivity contribution in [2.75, 3.05) is 0 Å². The van der Waals surface area contributed by atoms with E-state index in [4.69, 9.17) is 0 Å². The van der Waals surface area contributed by atoms with Crippen molar-refractivity contribution in [1.82, 2.24) is 14.8 Å². The first-order valence-electron chi connectivity index (χ1n) is 11.6. The fraction of sp³-hybridized carbons (Fsp3) is 0.667. The second kappa shape index (κ2) is 7.40. The molecule has 0 saturated heterocycles. The molecule has 6 heteroatoms. The lowest BCUT2D eigenvalue weighted by molar-refractivity contribution is -0.135. The van der Waals surface area contributed by atoms with E-state index < -0.39 is 5.54 Å². The molecule has 3 heterocycles. The minimum atomic E-state index is -0.854. The van der Waals surface area contributed by atoms with Gasteiger partial charge in [-0.25, -0.2) is 0 Å². The van der Waals surface area contributed by atoms with Gasteiger partial charge in [0.2, 0.25) is 5.91 Å². The van der Waals surface area contributed by atoms with Gasteiger partial charge in [0.25, 0.3) is 5.91 Å². The van der Waals surface area contributed by atoms with Crippen LogP contribution in [0.2, 0.25) is 0 Å². The fourth-order valence-corrected chi connectivity index (χ4v) is 6.90. The average molecular weight is 428 g/mol. The summed E-state index contributed by atoms with van der Waals surface area (Å²) in [5.74, 6) is 1.14. The number of amides is 2. The Morgan fingerprint density at radius 2 is 1.93 bits per heavy atom. The summed E-state index contributed by atoms with van der Waals surface area (Å²) in [6.07, 6.45) is 7.71. The molecule has 4 atom stereocenters. The van der Waals surface area contributed by atoms with Gasteiger partial charge in [-0.1, -0.05) is 39.5 Å². The molecule has 2 amide bonds. The van der Waals surface area contributed by atoms with Crippen molar-refractivity contribution in [2.24, 2.45) is 11.8 Å². The molecular formula is C24H33N3O2S. The highest BCUT2D eigenvalue weighted by atomic mass is 32.1. The predicted molar refractivity (Wildman–Crippen MR) is 121 cm³/mol. The number of nitrogens with zero attached hydrogens (tertiary/aromatic N) is 2. The summed E-state index contributed by atoms with van der Waals surface area (Å²) < 4.78 is 3.22. The number of rotatable bonds is 3. The molecule has 30 heavy (non-hydrogen) atoms. The van der Waals surface area contributed by atoms with E-state index in [1.165, 1.54) is 6.42 Å². The van der Waals surface area contributed by atoms with Crippen LogP contribution in [0.1, 0.15) is 76.2 Å². The summed E-state index contributed by atoms with van der Waals surface area (Å²) in [6, 6.07) is 4.46. The SMILES string of the molecule is CC1CCCC(NC(=O)C2(C)Cn3c(cc4sccc43)C(=O)N2C2CCCC2)C1C. The van der Waals surface area contributed by atoms with Crippen molar-refractivity contribution in [1.29, 1.82) is 0 Å². The maximum absolute atomic E-state index is 13.8. The molecule has 3 aliphatic rings. The van der Waals surface area contributed by atoms with Crippen LogP contribution in [0.3, 0.4) is 0 Å². The summed E-state index contributed by atoms with van der Waals surface area (Å²) in [6.45, 7) is 7.08. The van der Waals surface area contributed by atoms with Gasteiger partial charge in [-0.2, -0.15) is 0 Å². The molecule has 162 valence electrons. The number of thiophene rings is 1. The van der Waals surface area contributed by atoms with Gasteiger partial charge in [0.1, 0.15) is 11.2 Å². The van der Waals surface area contributed by atoms with Gasteiger partial charge in [0.05, 0.1) is 16.8 Å². The van der Waals surface area contributed by atoms with Crippen LogP contribution in [0.5, 0.6) is 0 Å². The van der Waals surface area contributed by atoms with Crippen molar-refractivity contribution >= 4 is 33.4 Å². The highest BCUT2D eigenvalue weighted by molar-refractivity contribution is 7.17. The topological polar surface area (TPSA) is 54.3 Å². The first kappa shape index (κ1) is 20.1. The minimum Gasteiger partial charge on any atom is -0.351 e. The van der Waals surface area contributed by atoms with Gasteiger partial charge in [-0.3, -0.25) is 9.59 Å². The quantitative estimate of drug-likeness (QED) is 0.765. The number of carbonyl (C=O) groups excluding carboxylic acids is 2. The monoisotopic (exact) mass is 427 g/mol. The maximum atomic E-state index is 13.8. The third-order valence-corrected chi connectivity index (χ3v) is 9.01. The van der Waals surface area contributed by atoms with Crippen LogP contribution in [-0.4, -0.2) is 38.9 Å². The Bertz CT molecular complexity index is 972. The van der Waals surface area contributed by atoms with Crippen molar-refractivity contribution in [2.45, 2.75) is 89.9 Å². The summed E-state index contributed by atoms with van der Waals surface area (Å²) in [7, 11) is 0. The lowest BCUT2D eigenvalue weighted by atomic mass is 9.77. The number of nitrogens with one attached hydrogen (secondary N) is 1. The lowest BCUT2D eigenvalue weighted by Crippen LogP contribution is -2.67. The Hall–Kier alpha value is -1.82. The summed E-state index contributed by atoms with van der Waals surface area (Å²) >= 11 is 1.66. The van der Waals surface area contributed by atoms with Crippen molar-refractivity contribution in [3.8, 4) is 0 Å². The molecular weight excluding hydrogens is 394 g/mol. The smallest absolute Gasteiger partial charge is 0.271 e. The van der Waals surface area contributed by atoms with Gasteiger partial charge in [-0.15, -0.1) is 11.3 Å². The minimum absolute atomic E-state index is 0.0245. The molecule has 0 radical (unpaired) electrons. The third-order valence-electron chi connectivity index (χ3n) is 8.16. The summed E-state index contributed by atoms with van der Waals surface area (Å²) in [5, 5.41) is 5.47. The fourth-order valence-electron chi connectivity index (χ4n) is 6.08. The average Bonchev–Trinajstić information content (AvgIpc) is 3.44. The first-order valence-corrected chi connectivity index (χ1v) is 12.5. The molecule has 1 aliphatic heterocycles. The predicted octanol–water partition coefficient (Wildman–Crippen LogP) is 4.80. The normalized spacial score (nSPS) is 32.6. The van der Waals surface area contributed by atoms with Crippen molar-refractivity contribution < 1.29 is 9.59 Å². The zero-order valence-corrected chi connectivity index (χ0v) is 19.1. The van der Waals surface area contributed by atoms with Gasteiger partial charge < -0.3 is 14.8 Å². The Morgan fingerprint density at radius 3 is 2.70 bits per heavy atom. The zero-order chi connectivity index (χ0) is 21.0. The van der Waals surface area contributed by atoms with Crippen LogP contribution in [0.25, 0.3) is 10.2 Å². The molecule has 1 N–H and O–H groups in total. The first-order chi connectivity index (χ1) is 14.4. The number of carbonyl (C=O) groups is 2. The molecule has 2 fully saturated rings. The number of hydrogen-bond donors (Lipinski definition) is 1. The van der Waals surface area contributed by atoms with Crippen LogP contribution >= 0.6 is 11.3 Å². The molecule has 0 aromatic carbocycles. The molecule has 0 spiro atoms. The van der Waals surface area contributed by atoms with E-state index in [-0.39, 0.29) is 23.9 Å². The van der Waals surface area contributed by atoms with Gasteiger partial charge >= 0.3 is 0 Å². The molecule has 2 aliphatic carbocycles. The molecule has 2 aromatic heterocycles. The number of aromatic nitrogens is 1. The summed E-state index contributed by atoms with van der Waals surface area (Å²) in [4.78, 5) is 29.5. The van der Waals surface area contributed by atoms with Crippen LogP contribution in [-0.2, 0) is 11.3 Å². The third kappa shape index (κ3) is 3.02. The zero-order valence-electron chi connectivity index (χ0n) is 18.3. The maximum Gasteiger partial charge on any atom is 0.271 e. The van der Waals surface area contributed by atoms with Crippen molar-refractivity contribution in [3.05, 3.63) is 23.2 Å². The van der Waals surface area contributed by atoms with E-state index in [9.17, 15) is 9.59 Å². The van der Waals surface area contributed by atoms with E-state index in [1.54, 1.807) is 11.3 Å². The Morgan fingerprint density at radius 1 is 1.17 bits per heavy atom. The summed E-state index contributed by atoms with van der Waals surface area (Å²) in [5.41, 5.74) is 0.967. The number of fused-ring (bicyclic) bond motifs is 3. The molecule has 0 bridgehead atoms. The van der Waals surface area contributed by atoms with Crippen LogP contribution < -0.4 is 5.32 Å². The molecule has 2 aromatic rings. The Labute approximate surface area is 182 Å². The van der Waals surface area contributed by atoms with Crippen LogP contribution in [0, 0.1) is 11.8 Å². The second-order valence-electron chi connectivity index (χ2n) is 10.0. The number of hydrogen-bond acceptors (Lipinski definition) is 3. The van der Waals surface area contributed by atoms with Gasteiger partial charge in [0.15, 0.2) is 0 Å². The van der Waals surface area contributed by atoms with E-state index in [2.05, 4.69) is 35.2 Å². The van der Waals surface area contributed by atoms with E-state index in [0.717, 1.165) is 54.4 Å². The molecule has 5 nitrogen and oxygen atoms in total. The highest BCUT2D eigenvalue weighted by Gasteiger charge is 2.51. The van der Waals surface area contributed by atoms with Gasteiger partial charge in [0, 0.05) is 12.1 Å². The van der Waals surface area contributed by atoms with Crippen LogP contribution in [0.15, 0.2) is 17.5 Å². The highest BCUT2D eigenvalue weighted by Crippen LogP contribution is 2.39.